The first-order chi connectivity index (χ1) is 39.9. The lowest BCUT2D eigenvalue weighted by Crippen LogP contribution is -2.30. The van der Waals surface area contributed by atoms with Gasteiger partial charge in [0.15, 0.2) is 12.2 Å². The van der Waals surface area contributed by atoms with Crippen LogP contribution in [0.2, 0.25) is 0 Å². The van der Waals surface area contributed by atoms with Gasteiger partial charge in [0.05, 0.1) is 26.4 Å². The minimum absolute atomic E-state index is 0.105. The zero-order valence-corrected chi connectivity index (χ0v) is 55.3. The summed E-state index contributed by atoms with van der Waals surface area (Å²) in [6.45, 7) is 9.41. The fraction of sp³-hybridized carbons (Fsp3) is 0.938. The molecule has 0 aromatic carbocycles. The Morgan fingerprint density at radius 1 is 0.325 bits per heavy atom. The number of rotatable bonds is 63. The predicted octanol–water partition coefficient (Wildman–Crippen LogP) is 17.7. The van der Waals surface area contributed by atoms with Crippen molar-refractivity contribution in [2.45, 2.75) is 336 Å². The molecular formula is C64H124O17P2. The Morgan fingerprint density at radius 2 is 0.554 bits per heavy atom. The topological polar surface area (TPSA) is 237 Å². The number of unbranched alkanes of at least 4 members (excludes halogenated alkanes) is 33. The quantitative estimate of drug-likeness (QED) is 0.0222. The fourth-order valence-electron chi connectivity index (χ4n) is 9.53. The van der Waals surface area contributed by atoms with Crippen LogP contribution in [-0.2, 0) is 65.4 Å². The third kappa shape index (κ3) is 58.8. The number of hydrogen-bond acceptors (Lipinski definition) is 15. The molecule has 0 spiro atoms. The van der Waals surface area contributed by atoms with Crippen molar-refractivity contribution in [2.24, 2.45) is 11.8 Å². The molecule has 17 nitrogen and oxygen atoms in total. The van der Waals surface area contributed by atoms with Crippen LogP contribution in [0, 0.1) is 11.8 Å². The number of esters is 4. The molecule has 0 heterocycles. The summed E-state index contributed by atoms with van der Waals surface area (Å²) in [6, 6.07) is 0. The third-order valence-corrected chi connectivity index (χ3v) is 16.6. The van der Waals surface area contributed by atoms with Crippen LogP contribution >= 0.6 is 15.6 Å². The molecule has 0 amide bonds. The standard InChI is InChI=1S/C64H124O17P2/c1-7-9-11-13-15-17-22-28-34-40-46-61(66)74-52-59(80-63(68)48-42-36-29-23-18-16-14-12-10-8-2)54-78-82(70,71)76-50-58(65)51-77-83(72,73)79-55-60(53-75-62(67)47-41-35-31-25-27-33-39-45-57(5)6)81-64(69)49-43-37-30-24-20-19-21-26-32-38-44-56(3)4/h56-60,65H,7-55H2,1-6H3,(H,70,71)(H,72,73)/t58-,59+,60+/m0/s1. The van der Waals surface area contributed by atoms with Crippen LogP contribution in [-0.4, -0.2) is 96.7 Å². The van der Waals surface area contributed by atoms with E-state index in [0.29, 0.717) is 31.6 Å². The summed E-state index contributed by atoms with van der Waals surface area (Å²) in [5.41, 5.74) is 0. The third-order valence-electron chi connectivity index (χ3n) is 14.7. The minimum atomic E-state index is -4.94. The van der Waals surface area contributed by atoms with Gasteiger partial charge in [-0.2, -0.15) is 0 Å². The van der Waals surface area contributed by atoms with Crippen LogP contribution in [0.25, 0.3) is 0 Å². The van der Waals surface area contributed by atoms with Crippen molar-refractivity contribution in [2.75, 3.05) is 39.6 Å². The molecule has 3 N–H and O–H groups in total. The number of hydrogen-bond donors (Lipinski definition) is 3. The van der Waals surface area contributed by atoms with Crippen molar-refractivity contribution in [3.8, 4) is 0 Å². The van der Waals surface area contributed by atoms with E-state index in [1.165, 1.54) is 128 Å². The largest absolute Gasteiger partial charge is 0.472 e. The highest BCUT2D eigenvalue weighted by molar-refractivity contribution is 7.47. The molecule has 0 fully saturated rings. The van der Waals surface area contributed by atoms with E-state index in [0.717, 1.165) is 102 Å². The number of aliphatic hydroxyl groups excluding tert-OH is 1. The SMILES string of the molecule is CCCCCCCCCCCCC(=O)OC[C@H](COP(=O)(O)OC[C@H](O)COP(=O)(O)OC[C@@H](COC(=O)CCCCCCCCCC(C)C)OC(=O)CCCCCCCCCCCCC(C)C)OC(=O)CCCCCCCCCCCC. The maximum Gasteiger partial charge on any atom is 0.472 e. The number of phosphoric acid groups is 2. The average Bonchev–Trinajstić information content (AvgIpc) is 3.45. The summed E-state index contributed by atoms with van der Waals surface area (Å²) >= 11 is 0. The molecule has 0 aromatic rings. The average molecular weight is 1230 g/mol. The Balaban J connectivity index is 5.24. The maximum atomic E-state index is 13.0. The van der Waals surface area contributed by atoms with Gasteiger partial charge in [0, 0.05) is 25.7 Å². The first-order valence-electron chi connectivity index (χ1n) is 33.5. The summed E-state index contributed by atoms with van der Waals surface area (Å²) in [5, 5.41) is 10.5. The lowest BCUT2D eigenvalue weighted by atomic mass is 10.0. The molecule has 2 unspecified atom stereocenters. The van der Waals surface area contributed by atoms with Crippen LogP contribution in [0.1, 0.15) is 318 Å². The molecule has 83 heavy (non-hydrogen) atoms. The van der Waals surface area contributed by atoms with Gasteiger partial charge in [0.25, 0.3) is 0 Å². The van der Waals surface area contributed by atoms with E-state index >= 15 is 0 Å². The highest BCUT2D eigenvalue weighted by Gasteiger charge is 2.30. The van der Waals surface area contributed by atoms with Gasteiger partial charge in [-0.25, -0.2) is 9.13 Å². The van der Waals surface area contributed by atoms with E-state index in [2.05, 4.69) is 41.5 Å². The summed E-state index contributed by atoms with van der Waals surface area (Å²) in [4.78, 5) is 72.2. The van der Waals surface area contributed by atoms with Gasteiger partial charge in [0.2, 0.25) is 0 Å². The van der Waals surface area contributed by atoms with E-state index in [1.54, 1.807) is 0 Å². The minimum Gasteiger partial charge on any atom is -0.462 e. The molecule has 0 aromatic heterocycles. The second kappa shape index (κ2) is 56.6. The predicted molar refractivity (Wildman–Crippen MR) is 331 cm³/mol. The summed E-state index contributed by atoms with van der Waals surface area (Å²) < 4.78 is 68.0. The highest BCUT2D eigenvalue weighted by Crippen LogP contribution is 2.45. The van der Waals surface area contributed by atoms with E-state index < -0.39 is 97.5 Å². The maximum absolute atomic E-state index is 13.0. The normalized spacial score (nSPS) is 14.3. The first-order valence-corrected chi connectivity index (χ1v) is 36.5. The molecule has 0 rings (SSSR count). The molecule has 0 aliphatic rings. The van der Waals surface area contributed by atoms with E-state index in [-0.39, 0.29) is 25.7 Å². The lowest BCUT2D eigenvalue weighted by molar-refractivity contribution is -0.161. The number of carbonyl (C=O) groups is 4. The molecule has 0 bridgehead atoms. The van der Waals surface area contributed by atoms with Crippen LogP contribution < -0.4 is 0 Å². The van der Waals surface area contributed by atoms with Crippen LogP contribution in [0.15, 0.2) is 0 Å². The monoisotopic (exact) mass is 1230 g/mol. The van der Waals surface area contributed by atoms with Crippen molar-refractivity contribution in [1.29, 1.82) is 0 Å². The molecule has 492 valence electrons. The van der Waals surface area contributed by atoms with Gasteiger partial charge in [-0.3, -0.25) is 37.3 Å². The van der Waals surface area contributed by atoms with Crippen molar-refractivity contribution in [1.82, 2.24) is 0 Å². The number of phosphoric ester groups is 2. The Morgan fingerprint density at radius 3 is 0.819 bits per heavy atom. The van der Waals surface area contributed by atoms with Crippen molar-refractivity contribution < 1.29 is 80.2 Å². The summed E-state index contributed by atoms with van der Waals surface area (Å²) in [6.07, 6.45) is 38.9. The second-order valence-electron chi connectivity index (χ2n) is 24.1. The zero-order valence-electron chi connectivity index (χ0n) is 53.5. The smallest absolute Gasteiger partial charge is 0.462 e. The Kier molecular flexibility index (Phi) is 55.2. The van der Waals surface area contributed by atoms with Gasteiger partial charge in [-0.1, -0.05) is 266 Å². The Bertz CT molecular complexity index is 1630. The highest BCUT2D eigenvalue weighted by atomic mass is 31.2. The zero-order chi connectivity index (χ0) is 61.5. The van der Waals surface area contributed by atoms with Gasteiger partial charge < -0.3 is 33.8 Å². The van der Waals surface area contributed by atoms with Crippen LogP contribution in [0.4, 0.5) is 0 Å². The lowest BCUT2D eigenvalue weighted by Gasteiger charge is -2.21. The van der Waals surface area contributed by atoms with E-state index in [9.17, 15) is 43.2 Å². The molecule has 0 saturated heterocycles. The summed E-state index contributed by atoms with van der Waals surface area (Å²) in [7, 11) is -9.88. The number of ether oxygens (including phenoxy) is 4. The van der Waals surface area contributed by atoms with Crippen molar-refractivity contribution >= 4 is 39.5 Å². The second-order valence-corrected chi connectivity index (χ2v) is 27.0. The Labute approximate surface area is 505 Å². The Hall–Kier alpha value is -1.94. The van der Waals surface area contributed by atoms with Gasteiger partial charge in [-0.15, -0.1) is 0 Å². The number of carbonyl (C=O) groups excluding carboxylic acids is 4. The number of aliphatic hydroxyl groups is 1. The molecule has 0 aliphatic carbocycles. The van der Waals surface area contributed by atoms with Crippen LogP contribution in [0.3, 0.4) is 0 Å². The van der Waals surface area contributed by atoms with E-state index in [1.807, 2.05) is 0 Å². The molecule has 0 radical (unpaired) electrons. The van der Waals surface area contributed by atoms with E-state index in [4.69, 9.17) is 37.0 Å². The van der Waals surface area contributed by atoms with Gasteiger partial charge in [-0.05, 0) is 37.5 Å². The summed E-state index contributed by atoms with van der Waals surface area (Å²) in [5.74, 6) is -0.677. The molecule has 19 heteroatoms. The molecule has 0 saturated carbocycles. The molecular weight excluding hydrogens is 1100 g/mol. The molecule has 0 aliphatic heterocycles. The van der Waals surface area contributed by atoms with Crippen LogP contribution in [0.5, 0.6) is 0 Å². The first kappa shape index (κ1) is 81.1. The van der Waals surface area contributed by atoms with Gasteiger partial charge >= 0.3 is 39.5 Å². The molecule has 5 atom stereocenters. The fourth-order valence-corrected chi connectivity index (χ4v) is 11.1. The van der Waals surface area contributed by atoms with Crippen molar-refractivity contribution in [3.63, 3.8) is 0 Å². The van der Waals surface area contributed by atoms with Crippen molar-refractivity contribution in [3.05, 3.63) is 0 Å². The van der Waals surface area contributed by atoms with Gasteiger partial charge in [0.1, 0.15) is 19.3 Å².